The molecule has 2 aliphatic heterocycles. The highest BCUT2D eigenvalue weighted by Gasteiger charge is 2.45. The number of nitrogens with zero attached hydrogens (tertiary/aromatic N) is 7. The van der Waals surface area contributed by atoms with E-state index in [2.05, 4.69) is 20.5 Å². The molecule has 4 heterocycles. The summed E-state index contributed by atoms with van der Waals surface area (Å²) in [7, 11) is 1.83. The van der Waals surface area contributed by atoms with Crippen LogP contribution in [0.15, 0.2) is 30.3 Å². The molecule has 0 radical (unpaired) electrons. The molecular weight excluding hydrogens is 382 g/mol. The summed E-state index contributed by atoms with van der Waals surface area (Å²) in [6.07, 6.45) is -0.680. The van der Waals surface area contributed by atoms with Gasteiger partial charge < -0.3 is 14.0 Å². The van der Waals surface area contributed by atoms with Crippen molar-refractivity contribution in [2.45, 2.75) is 31.4 Å². The molecule has 0 N–H and O–H groups in total. The van der Waals surface area contributed by atoms with Gasteiger partial charge in [-0.2, -0.15) is 9.90 Å². The first-order valence-electron chi connectivity index (χ1n) is 8.87. The summed E-state index contributed by atoms with van der Waals surface area (Å²) in [4.78, 5) is 13.6. The number of hydrogen-bond donors (Lipinski definition) is 0. The SMILES string of the molecule is Cn1c(Cn2nnc(-c3ccccc3)n2)nn([C@H]2CC(=O)[C@@H]3OC[C@H]2O3)c1=S. The molecule has 1 aromatic carbocycles. The quantitative estimate of drug-likeness (QED) is 0.597. The van der Waals surface area contributed by atoms with Crippen LogP contribution in [0, 0.1) is 4.77 Å². The van der Waals surface area contributed by atoms with Crippen molar-refractivity contribution in [3.05, 3.63) is 40.9 Å². The number of tetrazole rings is 1. The van der Waals surface area contributed by atoms with Crippen LogP contribution in [-0.4, -0.2) is 59.3 Å². The number of carbonyl (C=O) groups excluding carboxylic acids is 1. The van der Waals surface area contributed by atoms with Crippen molar-refractivity contribution in [2.75, 3.05) is 6.61 Å². The summed E-state index contributed by atoms with van der Waals surface area (Å²) in [5.74, 6) is 1.12. The van der Waals surface area contributed by atoms with Gasteiger partial charge in [-0.05, 0) is 17.4 Å². The van der Waals surface area contributed by atoms with Crippen LogP contribution in [0.25, 0.3) is 11.4 Å². The third kappa shape index (κ3) is 2.87. The Kier molecular flexibility index (Phi) is 4.14. The van der Waals surface area contributed by atoms with E-state index in [0.29, 0.717) is 36.0 Å². The maximum absolute atomic E-state index is 12.1. The minimum absolute atomic E-state index is 0.0849. The fraction of sp³-hybridized carbons (Fsp3) is 0.412. The molecule has 28 heavy (non-hydrogen) atoms. The maximum atomic E-state index is 12.1. The van der Waals surface area contributed by atoms with Crippen LogP contribution in [0.4, 0.5) is 0 Å². The van der Waals surface area contributed by atoms with Gasteiger partial charge in [0.1, 0.15) is 12.6 Å². The minimum atomic E-state index is -0.741. The summed E-state index contributed by atoms with van der Waals surface area (Å²) < 4.78 is 15.0. The fourth-order valence-corrected chi connectivity index (χ4v) is 3.74. The second-order valence-corrected chi connectivity index (χ2v) is 7.15. The van der Waals surface area contributed by atoms with Crippen molar-refractivity contribution in [3.8, 4) is 11.4 Å². The van der Waals surface area contributed by atoms with E-state index in [-0.39, 0.29) is 17.9 Å². The molecule has 144 valence electrons. The number of fused-ring (bicyclic) bond motifs is 2. The van der Waals surface area contributed by atoms with Crippen molar-refractivity contribution in [1.29, 1.82) is 0 Å². The van der Waals surface area contributed by atoms with E-state index < -0.39 is 6.29 Å². The highest BCUT2D eigenvalue weighted by molar-refractivity contribution is 7.71. The summed E-state index contributed by atoms with van der Waals surface area (Å²) >= 11 is 5.54. The third-order valence-corrected chi connectivity index (χ3v) is 5.45. The first-order chi connectivity index (χ1) is 13.6. The van der Waals surface area contributed by atoms with Gasteiger partial charge in [-0.25, -0.2) is 4.68 Å². The summed E-state index contributed by atoms with van der Waals surface area (Å²) in [5, 5.41) is 17.3. The number of hydrogen-bond acceptors (Lipinski definition) is 8. The van der Waals surface area contributed by atoms with Crippen molar-refractivity contribution >= 4 is 18.0 Å². The van der Waals surface area contributed by atoms with E-state index >= 15 is 0 Å². The zero-order valence-corrected chi connectivity index (χ0v) is 15.8. The molecule has 10 nitrogen and oxygen atoms in total. The van der Waals surface area contributed by atoms with Crippen molar-refractivity contribution in [2.24, 2.45) is 7.05 Å². The maximum Gasteiger partial charge on any atom is 0.218 e. The Balaban J connectivity index is 1.41. The number of aromatic nitrogens is 7. The lowest BCUT2D eigenvalue weighted by Crippen LogP contribution is -2.37. The molecular formula is C17H17N7O3S. The number of Topliss-reactive ketones (excluding diaryl/α,β-unsaturated/α-hetero) is 1. The van der Waals surface area contributed by atoms with Gasteiger partial charge in [-0.1, -0.05) is 30.3 Å². The molecule has 2 aliphatic rings. The highest BCUT2D eigenvalue weighted by Crippen LogP contribution is 2.32. The standard InChI is InChI=1S/C17H17N7O3S/c1-22-14(8-23-20-15(18-21-23)10-5-3-2-4-6-10)19-24(17(22)28)11-7-12(25)16-26-9-13(11)27-16/h2-6,11,13,16H,7-9H2,1H3/t11-,13+,16+/m0/s1. The molecule has 11 heteroatoms. The Morgan fingerprint density at radius 1 is 1.25 bits per heavy atom. The molecule has 2 saturated heterocycles. The van der Waals surface area contributed by atoms with Crippen LogP contribution in [0.5, 0.6) is 0 Å². The summed E-state index contributed by atoms with van der Waals surface area (Å²) in [6.45, 7) is 0.665. The van der Waals surface area contributed by atoms with Crippen LogP contribution >= 0.6 is 12.2 Å². The molecule has 2 aromatic heterocycles. The minimum Gasteiger partial charge on any atom is -0.343 e. The molecule has 2 fully saturated rings. The van der Waals surface area contributed by atoms with E-state index in [1.807, 2.05) is 37.4 Å². The van der Waals surface area contributed by atoms with E-state index in [1.165, 1.54) is 4.80 Å². The van der Waals surface area contributed by atoms with Gasteiger partial charge in [-0.3, -0.25) is 4.79 Å². The van der Waals surface area contributed by atoms with Crippen LogP contribution in [0.1, 0.15) is 18.3 Å². The predicted molar refractivity (Wildman–Crippen MR) is 97.7 cm³/mol. The Morgan fingerprint density at radius 3 is 2.89 bits per heavy atom. The second kappa shape index (κ2) is 6.69. The Morgan fingerprint density at radius 2 is 2.07 bits per heavy atom. The normalized spacial score (nSPS) is 24.0. The number of carbonyl (C=O) groups is 1. The smallest absolute Gasteiger partial charge is 0.218 e. The summed E-state index contributed by atoms with van der Waals surface area (Å²) in [5.41, 5.74) is 0.890. The molecule has 3 atom stereocenters. The van der Waals surface area contributed by atoms with Crippen LogP contribution in [0.2, 0.25) is 0 Å². The lowest BCUT2D eigenvalue weighted by Gasteiger charge is -2.26. The zero-order chi connectivity index (χ0) is 19.3. The zero-order valence-electron chi connectivity index (χ0n) is 15.0. The van der Waals surface area contributed by atoms with Gasteiger partial charge in [-0.15, -0.1) is 10.2 Å². The molecule has 0 amide bonds. The number of benzene rings is 1. The summed E-state index contributed by atoms with van der Waals surface area (Å²) in [6, 6.07) is 9.35. The predicted octanol–water partition coefficient (Wildman–Crippen LogP) is 0.908. The number of rotatable bonds is 4. The lowest BCUT2D eigenvalue weighted by atomic mass is 10.0. The molecule has 0 spiro atoms. The number of ketones is 1. The second-order valence-electron chi connectivity index (χ2n) is 6.79. The van der Waals surface area contributed by atoms with Crippen LogP contribution in [-0.2, 0) is 27.9 Å². The average molecular weight is 399 g/mol. The van der Waals surface area contributed by atoms with Crippen LogP contribution in [0.3, 0.4) is 0 Å². The van der Waals surface area contributed by atoms with Crippen molar-refractivity contribution in [3.63, 3.8) is 0 Å². The Labute approximate surface area is 164 Å². The molecule has 2 bridgehead atoms. The Bertz CT molecular complexity index is 1090. The average Bonchev–Trinajstić information content (AvgIpc) is 3.42. The Hall–Kier alpha value is -2.76. The fourth-order valence-electron chi connectivity index (χ4n) is 3.46. The van der Waals surface area contributed by atoms with Crippen LogP contribution < -0.4 is 0 Å². The third-order valence-electron chi connectivity index (χ3n) is 4.99. The van der Waals surface area contributed by atoms with Gasteiger partial charge in [0, 0.05) is 19.0 Å². The number of ether oxygens (including phenoxy) is 2. The molecule has 5 rings (SSSR count). The van der Waals surface area contributed by atoms with Crippen molar-refractivity contribution in [1.82, 2.24) is 34.6 Å². The van der Waals surface area contributed by atoms with Gasteiger partial charge in [0.25, 0.3) is 0 Å². The lowest BCUT2D eigenvalue weighted by molar-refractivity contribution is -0.156. The molecule has 0 unspecified atom stereocenters. The van der Waals surface area contributed by atoms with E-state index in [1.54, 1.807) is 9.25 Å². The first-order valence-corrected chi connectivity index (χ1v) is 9.28. The molecule has 0 aliphatic carbocycles. The van der Waals surface area contributed by atoms with E-state index in [0.717, 1.165) is 5.56 Å². The topological polar surface area (TPSA) is 102 Å². The largest absolute Gasteiger partial charge is 0.343 e. The first kappa shape index (κ1) is 17.3. The van der Waals surface area contributed by atoms with E-state index in [4.69, 9.17) is 21.7 Å². The van der Waals surface area contributed by atoms with E-state index in [9.17, 15) is 4.79 Å². The molecule has 0 saturated carbocycles. The van der Waals surface area contributed by atoms with Gasteiger partial charge >= 0.3 is 0 Å². The molecule has 3 aromatic rings. The van der Waals surface area contributed by atoms with Crippen molar-refractivity contribution < 1.29 is 14.3 Å². The highest BCUT2D eigenvalue weighted by atomic mass is 32.1. The van der Waals surface area contributed by atoms with Gasteiger partial charge in [0.15, 0.2) is 16.4 Å². The van der Waals surface area contributed by atoms with Gasteiger partial charge in [0.05, 0.1) is 12.6 Å². The van der Waals surface area contributed by atoms with Gasteiger partial charge in [0.2, 0.25) is 12.1 Å². The monoisotopic (exact) mass is 399 g/mol.